The molecule has 0 aliphatic rings. The summed E-state index contributed by atoms with van der Waals surface area (Å²) in [5.41, 5.74) is 1.64. The highest BCUT2D eigenvalue weighted by Crippen LogP contribution is 2.28. The van der Waals surface area contributed by atoms with Crippen LogP contribution in [0.4, 0.5) is 0 Å². The summed E-state index contributed by atoms with van der Waals surface area (Å²) in [4.78, 5) is 14.7. The maximum Gasteiger partial charge on any atom is 0.341 e. The van der Waals surface area contributed by atoms with Crippen LogP contribution in [-0.4, -0.2) is 22.7 Å². The molecule has 0 aliphatic carbocycles. The first-order valence-corrected chi connectivity index (χ1v) is 8.31. The van der Waals surface area contributed by atoms with Crippen molar-refractivity contribution in [3.05, 3.63) is 71.2 Å². The quantitative estimate of drug-likeness (QED) is 0.627. The molecule has 0 aliphatic heterocycles. The van der Waals surface area contributed by atoms with Crippen LogP contribution >= 0.6 is 23.2 Å². The molecule has 1 aromatic heterocycles. The molecule has 0 saturated carbocycles. The number of halogens is 2. The zero-order chi connectivity index (χ0) is 18.5. The lowest BCUT2D eigenvalue weighted by atomic mass is 10.2. The molecule has 2 aromatic carbocycles. The van der Waals surface area contributed by atoms with Gasteiger partial charge in [-0.25, -0.2) is 9.78 Å². The van der Waals surface area contributed by atoms with Crippen LogP contribution in [0.25, 0.3) is 22.4 Å². The number of oxazole rings is 1. The van der Waals surface area contributed by atoms with Crippen molar-refractivity contribution in [3.63, 3.8) is 0 Å². The van der Waals surface area contributed by atoms with Gasteiger partial charge in [-0.15, -0.1) is 0 Å². The third-order valence-electron chi connectivity index (χ3n) is 3.37. The lowest BCUT2D eigenvalue weighted by Crippen LogP contribution is -2.09. The van der Waals surface area contributed by atoms with Crippen molar-refractivity contribution >= 4 is 40.3 Å². The summed E-state index contributed by atoms with van der Waals surface area (Å²) in [6.07, 6.45) is 3.29. The molecule has 0 fully saturated rings. The Morgan fingerprint density at radius 1 is 1.15 bits per heavy atom. The van der Waals surface area contributed by atoms with Crippen LogP contribution in [0.3, 0.4) is 0 Å². The van der Waals surface area contributed by atoms with Gasteiger partial charge in [0.25, 0.3) is 0 Å². The van der Waals surface area contributed by atoms with E-state index in [2.05, 4.69) is 4.98 Å². The van der Waals surface area contributed by atoms with Crippen molar-refractivity contribution in [2.75, 3.05) is 6.61 Å². The molecular formula is C19H13Cl2NO4. The molecule has 0 unspecified atom stereocenters. The summed E-state index contributed by atoms with van der Waals surface area (Å²) in [5.74, 6) is 0.308. The average molecular weight is 390 g/mol. The number of benzene rings is 2. The molecule has 3 aromatic rings. The molecule has 1 heterocycles. The molecule has 7 heteroatoms. The van der Waals surface area contributed by atoms with Crippen LogP contribution in [0.1, 0.15) is 11.5 Å². The minimum absolute atomic E-state index is 0.294. The molecular weight excluding hydrogens is 377 g/mol. The van der Waals surface area contributed by atoms with E-state index in [1.54, 1.807) is 48.7 Å². The van der Waals surface area contributed by atoms with E-state index in [4.69, 9.17) is 37.5 Å². The van der Waals surface area contributed by atoms with Gasteiger partial charge in [0.1, 0.15) is 10.8 Å². The van der Waals surface area contributed by atoms with E-state index in [0.717, 1.165) is 11.1 Å². The molecule has 1 N–H and O–H groups in total. The van der Waals surface area contributed by atoms with E-state index in [-0.39, 0.29) is 6.61 Å². The largest absolute Gasteiger partial charge is 0.482 e. The Labute approximate surface area is 159 Å². The van der Waals surface area contributed by atoms with Gasteiger partial charge in [-0.05, 0) is 48.0 Å². The second kappa shape index (κ2) is 8.08. The normalized spacial score (nSPS) is 11.4. The second-order valence-corrected chi connectivity index (χ2v) is 6.12. The van der Waals surface area contributed by atoms with Gasteiger partial charge in [0, 0.05) is 10.6 Å². The Kier molecular flexibility index (Phi) is 5.61. The van der Waals surface area contributed by atoms with Crippen molar-refractivity contribution in [3.8, 4) is 17.1 Å². The fourth-order valence-corrected chi connectivity index (χ4v) is 2.48. The van der Waals surface area contributed by atoms with E-state index < -0.39 is 5.97 Å². The SMILES string of the molecule is O=C(O)COc1ccc(/C=C(\Cl)c2ncc(-c3ccc(Cl)cc3)o2)cc1. The average Bonchev–Trinajstić information content (AvgIpc) is 3.12. The molecule has 0 atom stereocenters. The molecule has 0 saturated heterocycles. The van der Waals surface area contributed by atoms with Gasteiger partial charge in [0.2, 0.25) is 5.89 Å². The zero-order valence-corrected chi connectivity index (χ0v) is 14.9. The summed E-state index contributed by atoms with van der Waals surface area (Å²) >= 11 is 12.2. The van der Waals surface area contributed by atoms with Gasteiger partial charge < -0.3 is 14.3 Å². The highest BCUT2D eigenvalue weighted by Gasteiger charge is 2.09. The Balaban J connectivity index is 1.73. The maximum absolute atomic E-state index is 10.5. The standard InChI is InChI=1S/C19H13Cl2NO4/c20-14-5-3-13(4-6-14)17-10-22-19(26-17)16(21)9-12-1-7-15(8-2-12)25-11-18(23)24/h1-10H,11H2,(H,23,24)/b16-9-. The first-order chi connectivity index (χ1) is 12.5. The molecule has 0 spiro atoms. The number of rotatable bonds is 6. The van der Waals surface area contributed by atoms with E-state index in [9.17, 15) is 4.79 Å². The van der Waals surface area contributed by atoms with Crippen LogP contribution < -0.4 is 4.74 Å². The van der Waals surface area contributed by atoms with Crippen LogP contribution in [0.15, 0.2) is 59.1 Å². The Morgan fingerprint density at radius 2 is 1.85 bits per heavy atom. The monoisotopic (exact) mass is 389 g/mol. The third kappa shape index (κ3) is 4.65. The number of ether oxygens (including phenoxy) is 1. The molecule has 132 valence electrons. The maximum atomic E-state index is 10.5. The topological polar surface area (TPSA) is 72.6 Å². The minimum Gasteiger partial charge on any atom is -0.482 e. The van der Waals surface area contributed by atoms with Gasteiger partial charge in [-0.3, -0.25) is 0 Å². The molecule has 3 rings (SSSR count). The molecule has 0 radical (unpaired) electrons. The lowest BCUT2D eigenvalue weighted by Gasteiger charge is -2.03. The second-order valence-electron chi connectivity index (χ2n) is 5.28. The lowest BCUT2D eigenvalue weighted by molar-refractivity contribution is -0.139. The fourth-order valence-electron chi connectivity index (χ4n) is 2.15. The van der Waals surface area contributed by atoms with Crippen molar-refractivity contribution in [2.45, 2.75) is 0 Å². The number of hydrogen-bond donors (Lipinski definition) is 1. The first-order valence-electron chi connectivity index (χ1n) is 7.55. The number of aromatic nitrogens is 1. The van der Waals surface area contributed by atoms with Crippen molar-refractivity contribution in [2.24, 2.45) is 0 Å². The number of carboxylic acid groups (broad SMARTS) is 1. The summed E-state index contributed by atoms with van der Waals surface area (Å²) in [5, 5.41) is 9.57. The van der Waals surface area contributed by atoms with E-state index in [1.165, 1.54) is 0 Å². The number of carboxylic acids is 1. The van der Waals surface area contributed by atoms with Gasteiger partial charge in [0.15, 0.2) is 12.4 Å². The summed E-state index contributed by atoms with van der Waals surface area (Å²) < 4.78 is 10.8. The molecule has 5 nitrogen and oxygen atoms in total. The predicted molar refractivity (Wildman–Crippen MR) is 100 cm³/mol. The molecule has 26 heavy (non-hydrogen) atoms. The van der Waals surface area contributed by atoms with Crippen LogP contribution in [0.2, 0.25) is 5.02 Å². The van der Waals surface area contributed by atoms with E-state index in [0.29, 0.717) is 27.5 Å². The molecule has 0 bridgehead atoms. The zero-order valence-electron chi connectivity index (χ0n) is 13.4. The van der Waals surface area contributed by atoms with Crippen LogP contribution in [0.5, 0.6) is 5.75 Å². The number of hydrogen-bond acceptors (Lipinski definition) is 4. The van der Waals surface area contributed by atoms with E-state index in [1.807, 2.05) is 12.1 Å². The molecule has 0 amide bonds. The van der Waals surface area contributed by atoms with Crippen LogP contribution in [-0.2, 0) is 4.79 Å². The highest BCUT2D eigenvalue weighted by atomic mass is 35.5. The summed E-state index contributed by atoms with van der Waals surface area (Å²) in [6.45, 7) is -0.389. The Hall–Kier alpha value is -2.76. The number of nitrogens with zero attached hydrogens (tertiary/aromatic N) is 1. The first kappa shape index (κ1) is 18.0. The minimum atomic E-state index is -1.03. The van der Waals surface area contributed by atoms with E-state index >= 15 is 0 Å². The number of carbonyl (C=O) groups is 1. The Bertz CT molecular complexity index is 931. The number of aliphatic carboxylic acids is 1. The van der Waals surface area contributed by atoms with Gasteiger partial charge in [-0.2, -0.15) is 0 Å². The van der Waals surface area contributed by atoms with Gasteiger partial charge >= 0.3 is 5.97 Å². The Morgan fingerprint density at radius 3 is 2.50 bits per heavy atom. The van der Waals surface area contributed by atoms with Crippen molar-refractivity contribution in [1.82, 2.24) is 4.98 Å². The fraction of sp³-hybridized carbons (Fsp3) is 0.0526. The predicted octanol–water partition coefficient (Wildman–Crippen LogP) is 5.20. The summed E-state index contributed by atoms with van der Waals surface area (Å²) in [6, 6.07) is 14.0. The van der Waals surface area contributed by atoms with Crippen molar-refractivity contribution < 1.29 is 19.1 Å². The smallest absolute Gasteiger partial charge is 0.341 e. The highest BCUT2D eigenvalue weighted by molar-refractivity contribution is 6.50. The van der Waals surface area contributed by atoms with Gasteiger partial charge in [0.05, 0.1) is 6.20 Å². The van der Waals surface area contributed by atoms with Crippen LogP contribution in [0, 0.1) is 0 Å². The third-order valence-corrected chi connectivity index (χ3v) is 3.90. The summed E-state index contributed by atoms with van der Waals surface area (Å²) in [7, 11) is 0. The van der Waals surface area contributed by atoms with Crippen molar-refractivity contribution in [1.29, 1.82) is 0 Å². The van der Waals surface area contributed by atoms with Gasteiger partial charge in [-0.1, -0.05) is 35.3 Å².